The molecule has 3 rings (SSSR count). The third-order valence-electron chi connectivity index (χ3n) is 4.47. The van der Waals surface area contributed by atoms with Crippen molar-refractivity contribution in [2.45, 2.75) is 0 Å². The number of nitrogens with zero attached hydrogens (tertiary/aromatic N) is 4. The van der Waals surface area contributed by atoms with Crippen molar-refractivity contribution in [1.82, 2.24) is 4.90 Å². The van der Waals surface area contributed by atoms with Gasteiger partial charge in [0.2, 0.25) is 0 Å². The highest BCUT2D eigenvalue weighted by Gasteiger charge is 2.15. The zero-order valence-corrected chi connectivity index (χ0v) is 14.6. The van der Waals surface area contributed by atoms with E-state index in [1.165, 1.54) is 5.56 Å². The van der Waals surface area contributed by atoms with Gasteiger partial charge in [0.1, 0.15) is 5.84 Å². The fourth-order valence-corrected chi connectivity index (χ4v) is 2.96. The molecular weight excluding hydrogens is 296 g/mol. The first-order valence-corrected chi connectivity index (χ1v) is 8.16. The molecule has 2 aromatic carbocycles. The van der Waals surface area contributed by atoms with Gasteiger partial charge in [-0.2, -0.15) is 0 Å². The number of hydrogen-bond acceptors (Lipinski definition) is 4. The van der Waals surface area contributed by atoms with E-state index in [-0.39, 0.29) is 0 Å². The second-order valence-corrected chi connectivity index (χ2v) is 6.01. The van der Waals surface area contributed by atoms with Crippen molar-refractivity contribution in [2.75, 3.05) is 44.0 Å². The molecule has 0 spiro atoms. The van der Waals surface area contributed by atoms with Gasteiger partial charge < -0.3 is 14.7 Å². The molecule has 0 unspecified atom stereocenters. The van der Waals surface area contributed by atoms with Crippen LogP contribution in [-0.4, -0.2) is 45.0 Å². The first-order chi connectivity index (χ1) is 11.6. The average Bonchev–Trinajstić information content (AvgIpc) is 3.06. The van der Waals surface area contributed by atoms with Crippen LogP contribution in [-0.2, 0) is 0 Å². The summed E-state index contributed by atoms with van der Waals surface area (Å²) in [6.45, 7) is 5.74. The molecular formula is C20H24N4. The Morgan fingerprint density at radius 3 is 2.29 bits per heavy atom. The van der Waals surface area contributed by atoms with E-state index in [0.717, 1.165) is 36.0 Å². The maximum absolute atomic E-state index is 4.58. The zero-order chi connectivity index (χ0) is 17.1. The van der Waals surface area contributed by atoms with Crippen molar-refractivity contribution in [3.8, 4) is 0 Å². The molecule has 0 saturated heterocycles. The third kappa shape index (κ3) is 3.00. The zero-order valence-electron chi connectivity index (χ0n) is 14.6. The molecule has 0 radical (unpaired) electrons. The Labute approximate surface area is 144 Å². The molecule has 0 atom stereocenters. The number of aliphatic imine (C=N–C) groups is 1. The summed E-state index contributed by atoms with van der Waals surface area (Å²) in [5.74, 6) is 1.08. The van der Waals surface area contributed by atoms with Gasteiger partial charge in [0, 0.05) is 38.9 Å². The molecule has 24 heavy (non-hydrogen) atoms. The molecule has 2 aromatic rings. The van der Waals surface area contributed by atoms with E-state index in [2.05, 4.69) is 77.9 Å². The van der Waals surface area contributed by atoms with Crippen molar-refractivity contribution >= 4 is 22.9 Å². The minimum absolute atomic E-state index is 0.884. The minimum Gasteiger partial charge on any atom is -0.358 e. The Kier molecular flexibility index (Phi) is 4.56. The van der Waals surface area contributed by atoms with Gasteiger partial charge in [-0.1, -0.05) is 18.7 Å². The van der Waals surface area contributed by atoms with Crippen molar-refractivity contribution < 1.29 is 0 Å². The fourth-order valence-electron chi connectivity index (χ4n) is 2.96. The van der Waals surface area contributed by atoms with E-state index in [0.29, 0.717) is 0 Å². The molecule has 1 aliphatic rings. The number of amidine groups is 1. The second-order valence-electron chi connectivity index (χ2n) is 6.01. The summed E-state index contributed by atoms with van der Waals surface area (Å²) in [4.78, 5) is 11.0. The van der Waals surface area contributed by atoms with Crippen molar-refractivity contribution in [3.05, 3.63) is 66.9 Å². The maximum Gasteiger partial charge on any atom is 0.130 e. The summed E-state index contributed by atoms with van der Waals surface area (Å²) in [5.41, 5.74) is 4.58. The lowest BCUT2D eigenvalue weighted by atomic mass is 10.1. The van der Waals surface area contributed by atoms with Crippen LogP contribution in [0.15, 0.2) is 66.3 Å². The van der Waals surface area contributed by atoms with Gasteiger partial charge in [0.15, 0.2) is 0 Å². The van der Waals surface area contributed by atoms with Crippen molar-refractivity contribution in [2.24, 2.45) is 4.99 Å². The predicted octanol–water partition coefficient (Wildman–Crippen LogP) is 3.73. The molecule has 0 bridgehead atoms. The summed E-state index contributed by atoms with van der Waals surface area (Å²) >= 11 is 0. The van der Waals surface area contributed by atoms with Gasteiger partial charge in [0.05, 0.1) is 17.9 Å². The number of likely N-dealkylation sites (N-methyl/N-ethyl adjacent to an activating group) is 1. The Morgan fingerprint density at radius 2 is 1.71 bits per heavy atom. The molecule has 0 aromatic heterocycles. The van der Waals surface area contributed by atoms with Crippen LogP contribution in [0.5, 0.6) is 0 Å². The molecule has 0 N–H and O–H groups in total. The largest absolute Gasteiger partial charge is 0.358 e. The maximum atomic E-state index is 4.58. The molecule has 1 aliphatic heterocycles. The summed E-state index contributed by atoms with van der Waals surface area (Å²) in [7, 11) is 6.19. The number of benzene rings is 2. The lowest BCUT2D eigenvalue weighted by molar-refractivity contribution is 0.557. The van der Waals surface area contributed by atoms with Crippen LogP contribution in [0.1, 0.15) is 5.56 Å². The normalized spacial score (nSPS) is 13.6. The highest BCUT2D eigenvalue weighted by Crippen LogP contribution is 2.33. The predicted molar refractivity (Wildman–Crippen MR) is 104 cm³/mol. The first-order valence-electron chi connectivity index (χ1n) is 8.16. The van der Waals surface area contributed by atoms with Crippen LogP contribution < -0.4 is 9.80 Å². The number of hydrogen-bond donors (Lipinski definition) is 0. The van der Waals surface area contributed by atoms with Crippen LogP contribution >= 0.6 is 0 Å². The molecule has 0 aliphatic carbocycles. The standard InChI is InChI=1S/C20H24N4/c1-5-22(2)18-8-6-7-9-19(18)24(4)17-12-10-16(11-13-17)20-21-14-15-23(20)3/h5-13H,1,14-15H2,2-4H3. The van der Waals surface area contributed by atoms with Crippen LogP contribution in [0.25, 0.3) is 0 Å². The molecule has 0 fully saturated rings. The molecule has 0 amide bonds. The van der Waals surface area contributed by atoms with Crippen molar-refractivity contribution in [1.29, 1.82) is 0 Å². The Bertz CT molecular complexity index is 748. The molecule has 1 heterocycles. The molecule has 0 saturated carbocycles. The average molecular weight is 320 g/mol. The first kappa shape index (κ1) is 16.1. The Morgan fingerprint density at radius 1 is 1.04 bits per heavy atom. The molecule has 4 heteroatoms. The summed E-state index contributed by atoms with van der Waals surface area (Å²) < 4.78 is 0. The van der Waals surface area contributed by atoms with E-state index >= 15 is 0 Å². The van der Waals surface area contributed by atoms with Gasteiger partial charge >= 0.3 is 0 Å². The van der Waals surface area contributed by atoms with E-state index in [1.807, 2.05) is 24.2 Å². The van der Waals surface area contributed by atoms with Crippen LogP contribution in [0.3, 0.4) is 0 Å². The van der Waals surface area contributed by atoms with Gasteiger partial charge in [-0.05, 0) is 42.6 Å². The quantitative estimate of drug-likeness (QED) is 0.838. The SMILES string of the molecule is C=CN(C)c1ccccc1N(C)c1ccc(C2=NCCN2C)cc1. The number of para-hydroxylation sites is 2. The smallest absolute Gasteiger partial charge is 0.130 e. The van der Waals surface area contributed by atoms with Gasteiger partial charge in [-0.3, -0.25) is 4.99 Å². The number of rotatable bonds is 5. The van der Waals surface area contributed by atoms with Crippen LogP contribution in [0.4, 0.5) is 17.1 Å². The molecule has 4 nitrogen and oxygen atoms in total. The van der Waals surface area contributed by atoms with Crippen molar-refractivity contribution in [3.63, 3.8) is 0 Å². The summed E-state index contributed by atoms with van der Waals surface area (Å²) in [6, 6.07) is 16.9. The lowest BCUT2D eigenvalue weighted by Crippen LogP contribution is -2.23. The van der Waals surface area contributed by atoms with E-state index < -0.39 is 0 Å². The summed E-state index contributed by atoms with van der Waals surface area (Å²) in [6.07, 6.45) is 1.82. The number of anilines is 3. The lowest BCUT2D eigenvalue weighted by Gasteiger charge is -2.26. The summed E-state index contributed by atoms with van der Waals surface area (Å²) in [5, 5.41) is 0. The van der Waals surface area contributed by atoms with Gasteiger partial charge in [0.25, 0.3) is 0 Å². The Hall–Kier alpha value is -2.75. The second kappa shape index (κ2) is 6.79. The highest BCUT2D eigenvalue weighted by molar-refractivity contribution is 6.00. The van der Waals surface area contributed by atoms with E-state index in [1.54, 1.807) is 0 Å². The Balaban J connectivity index is 1.88. The van der Waals surface area contributed by atoms with E-state index in [4.69, 9.17) is 0 Å². The van der Waals surface area contributed by atoms with Gasteiger partial charge in [-0.15, -0.1) is 0 Å². The van der Waals surface area contributed by atoms with Crippen LogP contribution in [0, 0.1) is 0 Å². The third-order valence-corrected chi connectivity index (χ3v) is 4.47. The monoisotopic (exact) mass is 320 g/mol. The van der Waals surface area contributed by atoms with Gasteiger partial charge in [-0.25, -0.2) is 0 Å². The topological polar surface area (TPSA) is 22.1 Å². The minimum atomic E-state index is 0.884. The molecule has 124 valence electrons. The highest BCUT2D eigenvalue weighted by atomic mass is 15.2. The fraction of sp³-hybridized carbons (Fsp3) is 0.250. The van der Waals surface area contributed by atoms with E-state index in [9.17, 15) is 0 Å². The van der Waals surface area contributed by atoms with Crippen LogP contribution in [0.2, 0.25) is 0 Å².